The lowest BCUT2D eigenvalue weighted by Crippen LogP contribution is -2.53. The molecule has 0 unspecified atom stereocenters. The van der Waals surface area contributed by atoms with Crippen LogP contribution in [0.25, 0.3) is 0 Å². The van der Waals surface area contributed by atoms with Gasteiger partial charge < -0.3 is 15.0 Å². The molecule has 0 aliphatic heterocycles. The summed E-state index contributed by atoms with van der Waals surface area (Å²) in [6.07, 6.45) is 0.309. The highest BCUT2D eigenvalue weighted by Crippen LogP contribution is 2.35. The highest BCUT2D eigenvalue weighted by molar-refractivity contribution is 7.92. The maximum absolute atomic E-state index is 14.1. The molecule has 214 valence electrons. The molecule has 1 N–H and O–H groups in total. The molecular weight excluding hydrogens is 573 g/mol. The normalized spacial score (nSPS) is 12.1. The van der Waals surface area contributed by atoms with E-state index >= 15 is 0 Å². The lowest BCUT2D eigenvalue weighted by atomic mass is 10.1. The van der Waals surface area contributed by atoms with Crippen LogP contribution in [-0.4, -0.2) is 50.9 Å². The molecule has 0 spiro atoms. The van der Waals surface area contributed by atoms with Crippen molar-refractivity contribution in [3.63, 3.8) is 0 Å². The van der Waals surface area contributed by atoms with Gasteiger partial charge in [0.05, 0.1) is 17.7 Å². The summed E-state index contributed by atoms with van der Waals surface area (Å²) in [5, 5.41) is 3.66. The molecule has 0 heterocycles. The topological polar surface area (TPSA) is 96.0 Å². The van der Waals surface area contributed by atoms with Gasteiger partial charge in [0.1, 0.15) is 18.3 Å². The third-order valence-electron chi connectivity index (χ3n) is 6.10. The first-order valence-electron chi connectivity index (χ1n) is 12.7. The second kappa shape index (κ2) is 13.9. The van der Waals surface area contributed by atoms with Gasteiger partial charge in [0.25, 0.3) is 10.0 Å². The molecule has 11 heteroatoms. The number of carbonyl (C=O) groups is 2. The largest absolute Gasteiger partial charge is 0.495 e. The van der Waals surface area contributed by atoms with Crippen LogP contribution in [0.2, 0.25) is 10.0 Å². The summed E-state index contributed by atoms with van der Waals surface area (Å²) in [5.74, 6) is -0.703. The van der Waals surface area contributed by atoms with Crippen molar-refractivity contribution in [1.82, 2.24) is 10.2 Å². The second-order valence-electron chi connectivity index (χ2n) is 9.38. The second-order valence-corrected chi connectivity index (χ2v) is 12.1. The number of anilines is 1. The summed E-state index contributed by atoms with van der Waals surface area (Å²) >= 11 is 12.3. The van der Waals surface area contributed by atoms with Gasteiger partial charge in [-0.05, 0) is 68.3 Å². The van der Waals surface area contributed by atoms with Crippen molar-refractivity contribution in [3.05, 3.63) is 88.4 Å². The molecular formula is C29H33Cl2N3O5S. The van der Waals surface area contributed by atoms with Crippen LogP contribution in [0.5, 0.6) is 5.75 Å². The number of benzene rings is 3. The smallest absolute Gasteiger partial charge is 0.264 e. The number of carbonyl (C=O) groups excluding carboxylic acids is 2. The van der Waals surface area contributed by atoms with Crippen LogP contribution in [0.3, 0.4) is 0 Å². The maximum atomic E-state index is 14.1. The Hall–Kier alpha value is -3.27. The van der Waals surface area contributed by atoms with Gasteiger partial charge in [0.2, 0.25) is 11.8 Å². The van der Waals surface area contributed by atoms with Crippen LogP contribution in [0.1, 0.15) is 32.8 Å². The monoisotopic (exact) mass is 605 g/mol. The van der Waals surface area contributed by atoms with Crippen molar-refractivity contribution < 1.29 is 22.7 Å². The molecule has 0 bridgehead atoms. The zero-order chi connectivity index (χ0) is 29.4. The van der Waals surface area contributed by atoms with E-state index in [9.17, 15) is 18.0 Å². The summed E-state index contributed by atoms with van der Waals surface area (Å²) in [6.45, 7) is 4.91. The minimum absolute atomic E-state index is 0.0151. The zero-order valence-corrected chi connectivity index (χ0v) is 25.1. The van der Waals surface area contributed by atoms with Gasteiger partial charge in [-0.15, -0.1) is 0 Å². The molecule has 0 fully saturated rings. The Bertz CT molecular complexity index is 1420. The SMILES string of the molecule is CC[C@@H](C(=O)NC(C)C)N(Cc1ccc(Cl)cc1)C(=O)CN(c1cc(Cl)ccc1OC)S(=O)(=O)c1ccccc1. The van der Waals surface area contributed by atoms with Gasteiger partial charge in [-0.25, -0.2) is 8.42 Å². The molecule has 40 heavy (non-hydrogen) atoms. The van der Waals surface area contributed by atoms with E-state index in [0.29, 0.717) is 11.4 Å². The van der Waals surface area contributed by atoms with Crippen LogP contribution in [0, 0.1) is 0 Å². The first kappa shape index (κ1) is 31.3. The minimum Gasteiger partial charge on any atom is -0.495 e. The molecule has 3 aromatic carbocycles. The van der Waals surface area contributed by atoms with E-state index in [-0.39, 0.29) is 39.8 Å². The predicted octanol–water partition coefficient (Wildman–Crippen LogP) is 5.53. The van der Waals surface area contributed by atoms with E-state index in [1.54, 1.807) is 55.5 Å². The van der Waals surface area contributed by atoms with E-state index in [4.69, 9.17) is 27.9 Å². The van der Waals surface area contributed by atoms with Crippen LogP contribution in [-0.2, 0) is 26.2 Å². The van der Waals surface area contributed by atoms with Crippen molar-refractivity contribution in [2.24, 2.45) is 0 Å². The third-order valence-corrected chi connectivity index (χ3v) is 8.36. The number of nitrogens with one attached hydrogen (secondary N) is 1. The van der Waals surface area contributed by atoms with Gasteiger partial charge in [0.15, 0.2) is 0 Å². The summed E-state index contributed by atoms with van der Waals surface area (Å²) < 4.78 is 34.3. The molecule has 8 nitrogen and oxygen atoms in total. The van der Waals surface area contributed by atoms with E-state index in [1.165, 1.54) is 36.3 Å². The molecule has 1 atom stereocenters. The van der Waals surface area contributed by atoms with Gasteiger partial charge >= 0.3 is 0 Å². The van der Waals surface area contributed by atoms with E-state index in [2.05, 4.69) is 5.32 Å². The summed E-state index contributed by atoms with van der Waals surface area (Å²) in [7, 11) is -2.85. The summed E-state index contributed by atoms with van der Waals surface area (Å²) in [4.78, 5) is 28.7. The first-order valence-corrected chi connectivity index (χ1v) is 14.9. The van der Waals surface area contributed by atoms with Gasteiger partial charge in [-0.3, -0.25) is 13.9 Å². The van der Waals surface area contributed by atoms with Crippen LogP contribution in [0.4, 0.5) is 5.69 Å². The minimum atomic E-state index is -4.25. The lowest BCUT2D eigenvalue weighted by Gasteiger charge is -2.34. The van der Waals surface area contributed by atoms with Gasteiger partial charge in [0, 0.05) is 22.6 Å². The number of nitrogens with zero attached hydrogens (tertiary/aromatic N) is 2. The van der Waals surface area contributed by atoms with Crippen LogP contribution in [0.15, 0.2) is 77.7 Å². The number of hydrogen-bond donors (Lipinski definition) is 1. The van der Waals surface area contributed by atoms with E-state index in [1.807, 2.05) is 13.8 Å². The number of methoxy groups -OCH3 is 1. The number of halogens is 2. The quantitative estimate of drug-likeness (QED) is 0.293. The van der Waals surface area contributed by atoms with Gasteiger partial charge in [-0.1, -0.05) is 60.5 Å². The molecule has 0 aromatic heterocycles. The number of sulfonamides is 1. The Morgan fingerprint density at radius 1 is 0.950 bits per heavy atom. The molecule has 3 aromatic rings. The number of ether oxygens (including phenoxy) is 1. The van der Waals surface area contributed by atoms with Crippen molar-refractivity contribution in [2.45, 2.75) is 50.7 Å². The average Bonchev–Trinajstić information content (AvgIpc) is 2.92. The molecule has 0 aliphatic rings. The first-order chi connectivity index (χ1) is 19.0. The third kappa shape index (κ3) is 7.68. The fourth-order valence-electron chi connectivity index (χ4n) is 4.18. The van der Waals surface area contributed by atoms with Crippen LogP contribution < -0.4 is 14.4 Å². The molecule has 0 saturated carbocycles. The molecule has 3 rings (SSSR count). The van der Waals surface area contributed by atoms with Crippen LogP contribution >= 0.6 is 23.2 Å². The van der Waals surface area contributed by atoms with Crippen molar-refractivity contribution >= 4 is 50.7 Å². The summed E-state index contributed by atoms with van der Waals surface area (Å²) in [5.41, 5.74) is 0.824. The fourth-order valence-corrected chi connectivity index (χ4v) is 5.91. The van der Waals surface area contributed by atoms with Crippen molar-refractivity contribution in [3.8, 4) is 5.75 Å². The zero-order valence-electron chi connectivity index (χ0n) is 22.8. The molecule has 0 radical (unpaired) electrons. The number of amides is 2. The highest BCUT2D eigenvalue weighted by atomic mass is 35.5. The predicted molar refractivity (Wildman–Crippen MR) is 158 cm³/mol. The average molecular weight is 607 g/mol. The van der Waals surface area contributed by atoms with E-state index in [0.717, 1.165) is 9.87 Å². The highest BCUT2D eigenvalue weighted by Gasteiger charge is 2.35. The van der Waals surface area contributed by atoms with Crippen molar-refractivity contribution in [1.29, 1.82) is 0 Å². The number of rotatable bonds is 12. The Balaban J connectivity index is 2.12. The Kier molecular flexibility index (Phi) is 10.8. The fraction of sp³-hybridized carbons (Fsp3) is 0.310. The van der Waals surface area contributed by atoms with Gasteiger partial charge in [-0.2, -0.15) is 0 Å². The molecule has 0 aliphatic carbocycles. The van der Waals surface area contributed by atoms with Crippen molar-refractivity contribution in [2.75, 3.05) is 18.0 Å². The summed E-state index contributed by atoms with van der Waals surface area (Å²) in [6, 6.07) is 18.2. The van der Waals surface area contributed by atoms with E-state index < -0.39 is 28.5 Å². The molecule has 2 amide bonds. The maximum Gasteiger partial charge on any atom is 0.264 e. The Labute approximate surface area is 245 Å². The standard InChI is InChI=1S/C29H33Cl2N3O5S/c1-5-25(29(36)32-20(2)3)33(18-21-11-13-22(30)14-12-21)28(35)19-34(26-17-23(31)15-16-27(26)39-4)40(37,38)24-9-7-6-8-10-24/h6-17,20,25H,5,18-19H2,1-4H3,(H,32,36)/t25-/m0/s1. The molecule has 0 saturated heterocycles. The Morgan fingerprint density at radius 2 is 1.57 bits per heavy atom. The Morgan fingerprint density at radius 3 is 2.15 bits per heavy atom. The lowest BCUT2D eigenvalue weighted by molar-refractivity contribution is -0.140. The number of hydrogen-bond acceptors (Lipinski definition) is 5.